The second kappa shape index (κ2) is 9.11. The van der Waals surface area contributed by atoms with Crippen LogP contribution >= 0.6 is 7.60 Å². The van der Waals surface area contributed by atoms with Crippen molar-refractivity contribution in [2.24, 2.45) is 0 Å². The zero-order valence-corrected chi connectivity index (χ0v) is 17.9. The number of para-hydroxylation sites is 2. The van der Waals surface area contributed by atoms with Gasteiger partial charge in [0.2, 0.25) is 0 Å². The fraction of sp³-hybridized carbons (Fsp3) is 0.125. The SMILES string of the molecule is CCNC(=O)N1C=Cc2ccccc2C1P(=O)(Oc1ccccc1)Oc1ccccc1. The fourth-order valence-corrected chi connectivity index (χ4v) is 5.54. The van der Waals surface area contributed by atoms with Crippen LogP contribution in [0.3, 0.4) is 0 Å². The lowest BCUT2D eigenvalue weighted by atomic mass is 10.0. The Balaban J connectivity index is 1.84. The normalized spacial score (nSPS) is 15.1. The molecule has 0 aromatic heterocycles. The zero-order valence-electron chi connectivity index (χ0n) is 17.0. The number of carbonyl (C=O) groups is 1. The summed E-state index contributed by atoms with van der Waals surface area (Å²) in [6.07, 6.45) is 3.43. The van der Waals surface area contributed by atoms with E-state index in [2.05, 4.69) is 5.32 Å². The Labute approximate surface area is 181 Å². The van der Waals surface area contributed by atoms with E-state index in [0.717, 1.165) is 5.56 Å². The summed E-state index contributed by atoms with van der Waals surface area (Å²) in [6, 6.07) is 24.8. The average molecular weight is 434 g/mol. The van der Waals surface area contributed by atoms with E-state index in [1.165, 1.54) is 4.90 Å². The van der Waals surface area contributed by atoms with E-state index in [4.69, 9.17) is 9.05 Å². The number of hydrogen-bond acceptors (Lipinski definition) is 4. The molecule has 1 aliphatic heterocycles. The van der Waals surface area contributed by atoms with Gasteiger partial charge in [-0.3, -0.25) is 4.90 Å². The van der Waals surface area contributed by atoms with Crippen LogP contribution in [0.1, 0.15) is 23.8 Å². The Morgan fingerprint density at radius 2 is 1.45 bits per heavy atom. The third-order valence-corrected chi connectivity index (χ3v) is 6.82. The van der Waals surface area contributed by atoms with Crippen molar-refractivity contribution in [3.05, 3.63) is 102 Å². The number of nitrogens with one attached hydrogen (secondary N) is 1. The molecule has 7 heteroatoms. The molecule has 0 saturated carbocycles. The Morgan fingerprint density at radius 1 is 0.903 bits per heavy atom. The molecule has 4 rings (SSSR count). The van der Waals surface area contributed by atoms with Gasteiger partial charge in [-0.25, -0.2) is 9.36 Å². The van der Waals surface area contributed by atoms with Crippen molar-refractivity contribution in [2.75, 3.05) is 6.54 Å². The van der Waals surface area contributed by atoms with Gasteiger partial charge in [0.05, 0.1) is 0 Å². The number of fused-ring (bicyclic) bond motifs is 1. The Bertz CT molecular complexity index is 1070. The molecule has 0 fully saturated rings. The molecule has 1 heterocycles. The van der Waals surface area contributed by atoms with E-state index in [9.17, 15) is 9.36 Å². The second-order valence-electron chi connectivity index (χ2n) is 6.91. The van der Waals surface area contributed by atoms with Crippen LogP contribution in [0.15, 0.2) is 91.1 Å². The van der Waals surface area contributed by atoms with Crippen molar-refractivity contribution < 1.29 is 18.4 Å². The smallest absolute Gasteiger partial charge is 0.414 e. The standard InChI is InChI=1S/C24H23N2O4P/c1-2-25-24(27)26-18-17-19-11-9-10-16-22(19)23(26)31(28,29-20-12-5-3-6-13-20)30-21-14-7-4-8-15-21/h3-18,23H,2H2,1H3,(H,25,27). The van der Waals surface area contributed by atoms with Crippen molar-refractivity contribution in [2.45, 2.75) is 12.7 Å². The minimum Gasteiger partial charge on any atom is -0.414 e. The second-order valence-corrected chi connectivity index (χ2v) is 8.84. The summed E-state index contributed by atoms with van der Waals surface area (Å²) in [5.41, 5.74) is 1.54. The highest BCUT2D eigenvalue weighted by Crippen LogP contribution is 2.63. The highest BCUT2D eigenvalue weighted by atomic mass is 31.2. The largest absolute Gasteiger partial charge is 0.458 e. The molecule has 2 amide bonds. The summed E-state index contributed by atoms with van der Waals surface area (Å²) < 4.78 is 26.6. The molecule has 0 saturated heterocycles. The first-order valence-electron chi connectivity index (χ1n) is 10.0. The number of amides is 2. The molecule has 3 aromatic rings. The lowest BCUT2D eigenvalue weighted by Gasteiger charge is -2.36. The lowest BCUT2D eigenvalue weighted by molar-refractivity contribution is 0.205. The molecule has 1 aliphatic rings. The molecule has 0 radical (unpaired) electrons. The molecule has 158 valence electrons. The van der Waals surface area contributed by atoms with Crippen molar-refractivity contribution in [3.8, 4) is 11.5 Å². The summed E-state index contributed by atoms with van der Waals surface area (Å²) >= 11 is 0. The molecule has 0 aliphatic carbocycles. The topological polar surface area (TPSA) is 67.9 Å². The van der Waals surface area contributed by atoms with Crippen LogP contribution in [0.25, 0.3) is 6.08 Å². The third kappa shape index (κ3) is 4.49. The van der Waals surface area contributed by atoms with Gasteiger partial charge < -0.3 is 14.4 Å². The Hall–Kier alpha value is -3.50. The maximum atomic E-state index is 14.5. The predicted molar refractivity (Wildman–Crippen MR) is 121 cm³/mol. The van der Waals surface area contributed by atoms with E-state index in [-0.39, 0.29) is 6.03 Å². The molecule has 0 spiro atoms. The Kier molecular flexibility index (Phi) is 6.10. The van der Waals surface area contributed by atoms with Gasteiger partial charge in [0, 0.05) is 12.7 Å². The zero-order chi connectivity index (χ0) is 21.7. The summed E-state index contributed by atoms with van der Waals surface area (Å²) in [5.74, 6) is -0.185. The van der Waals surface area contributed by atoms with Crippen molar-refractivity contribution in [3.63, 3.8) is 0 Å². The van der Waals surface area contributed by atoms with Crippen LogP contribution in [-0.2, 0) is 4.57 Å². The monoisotopic (exact) mass is 434 g/mol. The lowest BCUT2D eigenvalue weighted by Crippen LogP contribution is -2.41. The minimum atomic E-state index is -3.99. The van der Waals surface area contributed by atoms with E-state index in [0.29, 0.717) is 23.6 Å². The number of rotatable bonds is 6. The third-order valence-electron chi connectivity index (χ3n) is 4.77. The molecule has 3 aromatic carbocycles. The first-order valence-corrected chi connectivity index (χ1v) is 11.6. The van der Waals surface area contributed by atoms with Gasteiger partial charge in [0.1, 0.15) is 11.5 Å². The number of carbonyl (C=O) groups excluding carboxylic acids is 1. The van der Waals surface area contributed by atoms with Gasteiger partial charge in [-0.15, -0.1) is 0 Å². The minimum absolute atomic E-state index is 0.383. The molecular formula is C24H23N2O4P. The van der Waals surface area contributed by atoms with Gasteiger partial charge in [-0.05, 0) is 48.4 Å². The number of urea groups is 1. The maximum absolute atomic E-state index is 14.5. The number of hydrogen-bond donors (Lipinski definition) is 1. The van der Waals surface area contributed by atoms with Gasteiger partial charge >= 0.3 is 13.6 Å². The Morgan fingerprint density at radius 3 is 2.03 bits per heavy atom. The average Bonchev–Trinajstić information content (AvgIpc) is 2.79. The summed E-state index contributed by atoms with van der Waals surface area (Å²) in [5, 5.41) is 2.78. The highest BCUT2D eigenvalue weighted by Gasteiger charge is 2.47. The van der Waals surface area contributed by atoms with Crippen LogP contribution < -0.4 is 14.4 Å². The molecule has 1 atom stereocenters. The summed E-state index contributed by atoms with van der Waals surface area (Å²) in [7, 11) is -3.99. The molecule has 6 nitrogen and oxygen atoms in total. The molecule has 0 bridgehead atoms. The van der Waals surface area contributed by atoms with Gasteiger partial charge in [0.25, 0.3) is 0 Å². The van der Waals surface area contributed by atoms with Gasteiger partial charge in [0.15, 0.2) is 5.78 Å². The number of nitrogens with zero attached hydrogens (tertiary/aromatic N) is 1. The maximum Gasteiger partial charge on any atom is 0.458 e. The fourth-order valence-electron chi connectivity index (χ4n) is 3.41. The molecular weight excluding hydrogens is 411 g/mol. The first kappa shape index (κ1) is 20.8. The van der Waals surface area contributed by atoms with E-state index in [1.807, 2.05) is 49.4 Å². The van der Waals surface area contributed by atoms with E-state index in [1.54, 1.807) is 54.7 Å². The van der Waals surface area contributed by atoms with Gasteiger partial charge in [-0.1, -0.05) is 60.7 Å². The van der Waals surface area contributed by atoms with Crippen molar-refractivity contribution in [1.82, 2.24) is 10.2 Å². The van der Waals surface area contributed by atoms with Crippen LogP contribution in [0.5, 0.6) is 11.5 Å². The predicted octanol–water partition coefficient (Wildman–Crippen LogP) is 6.05. The van der Waals surface area contributed by atoms with Crippen molar-refractivity contribution >= 4 is 19.7 Å². The quantitative estimate of drug-likeness (QED) is 0.480. The first-order chi connectivity index (χ1) is 15.1. The summed E-state index contributed by atoms with van der Waals surface area (Å²) in [4.78, 5) is 14.3. The van der Waals surface area contributed by atoms with E-state index >= 15 is 0 Å². The van der Waals surface area contributed by atoms with Crippen LogP contribution in [0, 0.1) is 0 Å². The molecule has 31 heavy (non-hydrogen) atoms. The number of benzene rings is 3. The summed E-state index contributed by atoms with van der Waals surface area (Å²) in [6.45, 7) is 2.26. The van der Waals surface area contributed by atoms with Crippen LogP contribution in [-0.4, -0.2) is 17.5 Å². The molecule has 1 N–H and O–H groups in total. The van der Waals surface area contributed by atoms with Crippen molar-refractivity contribution in [1.29, 1.82) is 0 Å². The van der Waals surface area contributed by atoms with E-state index < -0.39 is 13.4 Å². The van der Waals surface area contributed by atoms with Crippen LogP contribution in [0.4, 0.5) is 4.79 Å². The highest BCUT2D eigenvalue weighted by molar-refractivity contribution is 7.55. The van der Waals surface area contributed by atoms with Gasteiger partial charge in [-0.2, -0.15) is 0 Å². The van der Waals surface area contributed by atoms with Crippen LogP contribution in [0.2, 0.25) is 0 Å². The molecule has 1 unspecified atom stereocenters.